The number of halogens is 3. The molecule has 0 aliphatic rings. The van der Waals surface area contributed by atoms with Gasteiger partial charge < -0.3 is 10.1 Å². The predicted octanol–water partition coefficient (Wildman–Crippen LogP) is 5.53. The highest BCUT2D eigenvalue weighted by Gasteiger charge is 2.09. The van der Waals surface area contributed by atoms with Crippen molar-refractivity contribution in [1.82, 2.24) is 0 Å². The molecule has 0 aliphatic heterocycles. The summed E-state index contributed by atoms with van der Waals surface area (Å²) in [5.74, 6) is 0.349. The number of benzene rings is 2. The van der Waals surface area contributed by atoms with Crippen LogP contribution in [0, 0.1) is 5.82 Å². The topological polar surface area (TPSA) is 21.3 Å². The highest BCUT2D eigenvalue weighted by atomic mass is 35.5. The summed E-state index contributed by atoms with van der Waals surface area (Å²) in [6, 6.07) is 9.93. The molecular formula is C16H16Cl2FNO. The first kappa shape index (κ1) is 15.9. The summed E-state index contributed by atoms with van der Waals surface area (Å²) in [6.07, 6.45) is 0.904. The summed E-state index contributed by atoms with van der Waals surface area (Å²) in [6.45, 7) is 2.90. The van der Waals surface area contributed by atoms with Gasteiger partial charge in [-0.25, -0.2) is 4.39 Å². The second-order valence-electron chi connectivity index (χ2n) is 4.54. The van der Waals surface area contributed by atoms with Crippen LogP contribution < -0.4 is 10.1 Å². The maximum Gasteiger partial charge on any atom is 0.142 e. The van der Waals surface area contributed by atoms with Crippen LogP contribution >= 0.6 is 23.2 Å². The molecule has 0 heterocycles. The Labute approximate surface area is 133 Å². The van der Waals surface area contributed by atoms with Crippen LogP contribution in [-0.4, -0.2) is 6.61 Å². The molecule has 0 spiro atoms. The number of rotatable bonds is 6. The summed E-state index contributed by atoms with van der Waals surface area (Å²) in [5.41, 5.74) is 1.14. The summed E-state index contributed by atoms with van der Waals surface area (Å²) >= 11 is 12.0. The Morgan fingerprint density at radius 3 is 2.71 bits per heavy atom. The Morgan fingerprint density at radius 1 is 1.19 bits per heavy atom. The van der Waals surface area contributed by atoms with E-state index in [4.69, 9.17) is 27.9 Å². The molecule has 2 nitrogen and oxygen atoms in total. The molecule has 112 valence electrons. The van der Waals surface area contributed by atoms with Crippen LogP contribution in [0.1, 0.15) is 18.9 Å². The Kier molecular flexibility index (Phi) is 5.71. The third kappa shape index (κ3) is 4.26. The van der Waals surface area contributed by atoms with Gasteiger partial charge in [0.1, 0.15) is 11.6 Å². The van der Waals surface area contributed by atoms with Crippen LogP contribution in [0.25, 0.3) is 0 Å². The van der Waals surface area contributed by atoms with Crippen molar-refractivity contribution >= 4 is 28.9 Å². The maximum atomic E-state index is 13.8. The summed E-state index contributed by atoms with van der Waals surface area (Å²) in [7, 11) is 0. The first-order chi connectivity index (χ1) is 10.1. The molecule has 0 radical (unpaired) electrons. The molecule has 21 heavy (non-hydrogen) atoms. The van der Waals surface area contributed by atoms with Crippen LogP contribution in [0.3, 0.4) is 0 Å². The molecule has 0 saturated carbocycles. The third-order valence-corrected chi connectivity index (χ3v) is 3.51. The van der Waals surface area contributed by atoms with Crippen LogP contribution in [-0.2, 0) is 6.54 Å². The minimum atomic E-state index is -0.340. The minimum absolute atomic E-state index is 0.258. The van der Waals surface area contributed by atoms with Crippen molar-refractivity contribution in [2.75, 3.05) is 11.9 Å². The smallest absolute Gasteiger partial charge is 0.142 e. The summed E-state index contributed by atoms with van der Waals surface area (Å²) in [5, 5.41) is 4.10. The van der Waals surface area contributed by atoms with E-state index in [1.54, 1.807) is 30.3 Å². The lowest BCUT2D eigenvalue weighted by Crippen LogP contribution is -2.05. The molecular weight excluding hydrogens is 312 g/mol. The fraction of sp³-hybridized carbons (Fsp3) is 0.250. The normalized spacial score (nSPS) is 10.5. The molecule has 2 aromatic carbocycles. The molecule has 0 unspecified atom stereocenters. The lowest BCUT2D eigenvalue weighted by Gasteiger charge is -2.14. The molecule has 2 rings (SSSR count). The molecule has 0 aromatic heterocycles. The molecule has 0 fully saturated rings. The maximum absolute atomic E-state index is 13.8. The summed E-state index contributed by atoms with van der Waals surface area (Å²) < 4.78 is 19.4. The highest BCUT2D eigenvalue weighted by molar-refractivity contribution is 6.31. The van der Waals surface area contributed by atoms with E-state index in [0.29, 0.717) is 28.0 Å². The molecule has 0 aliphatic carbocycles. The van der Waals surface area contributed by atoms with Gasteiger partial charge in [0, 0.05) is 22.2 Å². The van der Waals surface area contributed by atoms with Gasteiger partial charge in [-0.05, 0) is 36.8 Å². The molecule has 0 atom stereocenters. The fourth-order valence-electron chi connectivity index (χ4n) is 1.86. The van der Waals surface area contributed by atoms with Gasteiger partial charge in [0.05, 0.1) is 12.3 Å². The number of hydrogen-bond acceptors (Lipinski definition) is 2. The van der Waals surface area contributed by atoms with Crippen molar-refractivity contribution in [3.05, 3.63) is 57.8 Å². The number of ether oxygens (including phenoxy) is 1. The van der Waals surface area contributed by atoms with E-state index in [1.165, 1.54) is 6.07 Å². The zero-order valence-electron chi connectivity index (χ0n) is 11.6. The van der Waals surface area contributed by atoms with Crippen molar-refractivity contribution in [2.45, 2.75) is 19.9 Å². The van der Waals surface area contributed by atoms with Crippen molar-refractivity contribution in [1.29, 1.82) is 0 Å². The van der Waals surface area contributed by atoms with Crippen molar-refractivity contribution in [2.24, 2.45) is 0 Å². The Morgan fingerprint density at radius 2 is 2.00 bits per heavy atom. The average molecular weight is 328 g/mol. The van der Waals surface area contributed by atoms with Gasteiger partial charge in [-0.2, -0.15) is 0 Å². The third-order valence-electron chi connectivity index (χ3n) is 2.92. The quantitative estimate of drug-likeness (QED) is 0.752. The molecule has 2 aromatic rings. The van der Waals surface area contributed by atoms with E-state index in [0.717, 1.165) is 12.1 Å². The average Bonchev–Trinajstić information content (AvgIpc) is 2.46. The van der Waals surface area contributed by atoms with Crippen LogP contribution in [0.2, 0.25) is 10.0 Å². The zero-order valence-corrected chi connectivity index (χ0v) is 13.1. The molecule has 1 N–H and O–H groups in total. The van der Waals surface area contributed by atoms with E-state index < -0.39 is 0 Å². The van der Waals surface area contributed by atoms with Crippen LogP contribution in [0.15, 0.2) is 36.4 Å². The Balaban J connectivity index is 2.17. The Hall–Kier alpha value is -1.45. The van der Waals surface area contributed by atoms with Gasteiger partial charge in [0.2, 0.25) is 0 Å². The standard InChI is InChI=1S/C16H16Cl2FNO/c1-2-8-21-16-7-6-11(17)9-15(16)20-10-12-13(18)4-3-5-14(12)19/h3-7,9,20H,2,8,10H2,1H3. The SMILES string of the molecule is CCCOc1ccc(Cl)cc1NCc1c(F)cccc1Cl. The first-order valence-corrected chi connectivity index (χ1v) is 7.46. The minimum Gasteiger partial charge on any atom is -0.491 e. The van der Waals surface area contributed by atoms with Crippen molar-refractivity contribution in [3.8, 4) is 5.75 Å². The fourth-order valence-corrected chi connectivity index (χ4v) is 2.26. The van der Waals surface area contributed by atoms with Crippen LogP contribution in [0.4, 0.5) is 10.1 Å². The van der Waals surface area contributed by atoms with Gasteiger partial charge in [-0.1, -0.05) is 36.2 Å². The lowest BCUT2D eigenvalue weighted by molar-refractivity contribution is 0.319. The largest absolute Gasteiger partial charge is 0.491 e. The number of hydrogen-bond donors (Lipinski definition) is 1. The Bertz CT molecular complexity index is 599. The molecule has 0 bridgehead atoms. The van der Waals surface area contributed by atoms with Crippen LogP contribution in [0.5, 0.6) is 5.75 Å². The van der Waals surface area contributed by atoms with Gasteiger partial charge >= 0.3 is 0 Å². The van der Waals surface area contributed by atoms with Gasteiger partial charge in [-0.3, -0.25) is 0 Å². The summed E-state index contributed by atoms with van der Waals surface area (Å²) in [4.78, 5) is 0. The number of anilines is 1. The van der Waals surface area contributed by atoms with E-state index >= 15 is 0 Å². The first-order valence-electron chi connectivity index (χ1n) is 6.71. The van der Waals surface area contributed by atoms with E-state index in [-0.39, 0.29) is 12.4 Å². The second-order valence-corrected chi connectivity index (χ2v) is 5.39. The highest BCUT2D eigenvalue weighted by Crippen LogP contribution is 2.29. The predicted molar refractivity (Wildman–Crippen MR) is 86.0 cm³/mol. The van der Waals surface area contributed by atoms with E-state index in [1.807, 2.05) is 6.92 Å². The van der Waals surface area contributed by atoms with E-state index in [2.05, 4.69) is 5.32 Å². The van der Waals surface area contributed by atoms with Gasteiger partial charge in [0.15, 0.2) is 0 Å². The lowest BCUT2D eigenvalue weighted by atomic mass is 10.2. The molecule has 0 amide bonds. The van der Waals surface area contributed by atoms with Crippen molar-refractivity contribution in [3.63, 3.8) is 0 Å². The second kappa shape index (κ2) is 7.53. The van der Waals surface area contributed by atoms with Gasteiger partial charge in [0.25, 0.3) is 0 Å². The molecule has 0 saturated heterocycles. The monoisotopic (exact) mass is 327 g/mol. The molecule has 5 heteroatoms. The zero-order chi connectivity index (χ0) is 15.2. The van der Waals surface area contributed by atoms with Crippen molar-refractivity contribution < 1.29 is 9.13 Å². The van der Waals surface area contributed by atoms with E-state index in [9.17, 15) is 4.39 Å². The number of nitrogens with one attached hydrogen (secondary N) is 1. The van der Waals surface area contributed by atoms with Gasteiger partial charge in [-0.15, -0.1) is 0 Å².